The third kappa shape index (κ3) is 5.83. The first-order chi connectivity index (χ1) is 15.1. The molecule has 1 saturated carbocycles. The maximum absolute atomic E-state index is 13.6. The summed E-state index contributed by atoms with van der Waals surface area (Å²) in [7, 11) is 1.78. The van der Waals surface area contributed by atoms with Gasteiger partial charge >= 0.3 is 0 Å². The molecule has 0 bridgehead atoms. The van der Waals surface area contributed by atoms with Crippen LogP contribution >= 0.6 is 0 Å². The number of hydrogen-bond acceptors (Lipinski definition) is 3. The topological polar surface area (TPSA) is 48.9 Å². The van der Waals surface area contributed by atoms with Gasteiger partial charge in [-0.3, -0.25) is 9.89 Å². The van der Waals surface area contributed by atoms with Crippen LogP contribution in [0.5, 0.6) is 0 Å². The van der Waals surface area contributed by atoms with E-state index in [0.717, 1.165) is 57.2 Å². The molecule has 1 aliphatic carbocycles. The molecule has 0 radical (unpaired) electrons. The van der Waals surface area contributed by atoms with Gasteiger partial charge in [-0.15, -0.1) is 0 Å². The second-order valence-corrected chi connectivity index (χ2v) is 8.81. The van der Waals surface area contributed by atoms with E-state index in [4.69, 9.17) is 4.74 Å². The molecule has 2 aromatic rings. The average Bonchev–Trinajstić information content (AvgIpc) is 3.55. The average molecular weight is 425 g/mol. The number of halogens is 1. The molecule has 6 heteroatoms. The van der Waals surface area contributed by atoms with E-state index in [9.17, 15) is 4.39 Å². The van der Waals surface area contributed by atoms with Crippen LogP contribution < -0.4 is 10.6 Å². The molecule has 1 aliphatic heterocycles. The van der Waals surface area contributed by atoms with Gasteiger partial charge in [-0.2, -0.15) is 0 Å². The maximum atomic E-state index is 13.6. The van der Waals surface area contributed by atoms with E-state index >= 15 is 0 Å². The minimum Gasteiger partial charge on any atom is -0.376 e. The lowest BCUT2D eigenvalue weighted by molar-refractivity contribution is -0.0212. The van der Waals surface area contributed by atoms with E-state index in [-0.39, 0.29) is 11.2 Å². The van der Waals surface area contributed by atoms with Crippen molar-refractivity contribution in [1.29, 1.82) is 0 Å². The third-order valence-corrected chi connectivity index (χ3v) is 6.29. The van der Waals surface area contributed by atoms with Crippen molar-refractivity contribution in [3.8, 4) is 0 Å². The number of aliphatic imine (C=N–C) groups is 1. The molecule has 5 nitrogen and oxygen atoms in total. The van der Waals surface area contributed by atoms with Gasteiger partial charge in [0.2, 0.25) is 0 Å². The van der Waals surface area contributed by atoms with Crippen LogP contribution in [-0.4, -0.2) is 50.3 Å². The van der Waals surface area contributed by atoms with Crippen molar-refractivity contribution in [2.24, 2.45) is 4.99 Å². The summed E-state index contributed by atoms with van der Waals surface area (Å²) in [6, 6.07) is 15.7. The van der Waals surface area contributed by atoms with Gasteiger partial charge in [0.15, 0.2) is 5.96 Å². The Kier molecular flexibility index (Phi) is 6.88. The first kappa shape index (κ1) is 21.8. The minimum absolute atomic E-state index is 0.0227. The van der Waals surface area contributed by atoms with Crippen LogP contribution in [0.3, 0.4) is 0 Å². The molecule has 2 aliphatic rings. The molecule has 1 heterocycles. The van der Waals surface area contributed by atoms with Gasteiger partial charge in [0.1, 0.15) is 5.82 Å². The SMILES string of the molecule is CN=C(NCc1cccc(CN2CCOC(C)C2)c1)NCC1(c2cccc(F)c2)CC1. The maximum Gasteiger partial charge on any atom is 0.191 e. The van der Waals surface area contributed by atoms with Gasteiger partial charge in [-0.1, -0.05) is 36.4 Å². The molecule has 2 aromatic carbocycles. The number of ether oxygens (including phenoxy) is 1. The van der Waals surface area contributed by atoms with Crippen molar-refractivity contribution in [3.05, 3.63) is 71.0 Å². The molecule has 2 fully saturated rings. The van der Waals surface area contributed by atoms with Crippen LogP contribution in [0.25, 0.3) is 0 Å². The minimum atomic E-state index is -0.169. The molecule has 31 heavy (non-hydrogen) atoms. The van der Waals surface area contributed by atoms with Gasteiger partial charge in [0, 0.05) is 45.2 Å². The van der Waals surface area contributed by atoms with Gasteiger partial charge in [0.05, 0.1) is 12.7 Å². The van der Waals surface area contributed by atoms with Crippen molar-refractivity contribution in [2.45, 2.75) is 44.4 Å². The first-order valence-electron chi connectivity index (χ1n) is 11.2. The van der Waals surface area contributed by atoms with Crippen LogP contribution in [0, 0.1) is 5.82 Å². The zero-order valence-electron chi connectivity index (χ0n) is 18.5. The predicted molar refractivity (Wildman–Crippen MR) is 123 cm³/mol. The van der Waals surface area contributed by atoms with Crippen molar-refractivity contribution < 1.29 is 9.13 Å². The quantitative estimate of drug-likeness (QED) is 0.528. The van der Waals surface area contributed by atoms with Crippen LogP contribution in [0.4, 0.5) is 4.39 Å². The molecule has 0 spiro atoms. The second kappa shape index (κ2) is 9.79. The van der Waals surface area contributed by atoms with Crippen LogP contribution in [-0.2, 0) is 23.2 Å². The van der Waals surface area contributed by atoms with Crippen molar-refractivity contribution in [2.75, 3.05) is 33.3 Å². The molecule has 1 unspecified atom stereocenters. The van der Waals surface area contributed by atoms with Crippen LogP contribution in [0.2, 0.25) is 0 Å². The number of benzene rings is 2. The zero-order valence-corrected chi connectivity index (χ0v) is 18.5. The number of morpholine rings is 1. The lowest BCUT2D eigenvalue weighted by atomic mass is 9.96. The van der Waals surface area contributed by atoms with Crippen molar-refractivity contribution in [1.82, 2.24) is 15.5 Å². The number of rotatable bonds is 7. The number of nitrogens with one attached hydrogen (secondary N) is 2. The molecule has 1 atom stereocenters. The Morgan fingerprint density at radius 2 is 1.97 bits per heavy atom. The van der Waals surface area contributed by atoms with Gasteiger partial charge < -0.3 is 15.4 Å². The summed E-state index contributed by atoms with van der Waals surface area (Å²) >= 11 is 0. The smallest absolute Gasteiger partial charge is 0.191 e. The van der Waals surface area contributed by atoms with Crippen molar-refractivity contribution in [3.63, 3.8) is 0 Å². The second-order valence-electron chi connectivity index (χ2n) is 8.81. The molecule has 0 aromatic heterocycles. The highest BCUT2D eigenvalue weighted by molar-refractivity contribution is 5.79. The number of guanidine groups is 1. The summed E-state index contributed by atoms with van der Waals surface area (Å²) in [4.78, 5) is 6.81. The zero-order chi connectivity index (χ0) is 21.7. The molecular weight excluding hydrogens is 391 g/mol. The highest BCUT2D eigenvalue weighted by atomic mass is 19.1. The fraction of sp³-hybridized carbons (Fsp3) is 0.480. The molecule has 2 N–H and O–H groups in total. The van der Waals surface area contributed by atoms with E-state index in [1.54, 1.807) is 19.2 Å². The molecule has 0 amide bonds. The summed E-state index contributed by atoms with van der Waals surface area (Å²) in [6.07, 6.45) is 2.45. The monoisotopic (exact) mass is 424 g/mol. The fourth-order valence-electron chi connectivity index (χ4n) is 4.33. The molecule has 1 saturated heterocycles. The van der Waals surface area contributed by atoms with E-state index in [2.05, 4.69) is 51.7 Å². The third-order valence-electron chi connectivity index (χ3n) is 6.29. The van der Waals surface area contributed by atoms with Crippen molar-refractivity contribution >= 4 is 5.96 Å². The largest absolute Gasteiger partial charge is 0.376 e. The van der Waals surface area contributed by atoms with Crippen LogP contribution in [0.1, 0.15) is 36.5 Å². The Morgan fingerprint density at radius 3 is 2.71 bits per heavy atom. The van der Waals surface area contributed by atoms with Gasteiger partial charge in [0.25, 0.3) is 0 Å². The highest BCUT2D eigenvalue weighted by Gasteiger charge is 2.44. The fourth-order valence-corrected chi connectivity index (χ4v) is 4.33. The Morgan fingerprint density at radius 1 is 1.16 bits per heavy atom. The van der Waals surface area contributed by atoms with E-state index in [0.29, 0.717) is 12.6 Å². The Labute approximate surface area is 184 Å². The van der Waals surface area contributed by atoms with E-state index < -0.39 is 0 Å². The predicted octanol–water partition coefficient (Wildman–Crippen LogP) is 3.44. The highest BCUT2D eigenvalue weighted by Crippen LogP contribution is 2.47. The van der Waals surface area contributed by atoms with Gasteiger partial charge in [-0.25, -0.2) is 4.39 Å². The number of nitrogens with zero attached hydrogens (tertiary/aromatic N) is 2. The van der Waals surface area contributed by atoms with E-state index in [1.807, 2.05) is 6.07 Å². The van der Waals surface area contributed by atoms with Crippen LogP contribution in [0.15, 0.2) is 53.5 Å². The Balaban J connectivity index is 1.29. The lowest BCUT2D eigenvalue weighted by Crippen LogP contribution is -2.41. The lowest BCUT2D eigenvalue weighted by Gasteiger charge is -2.31. The summed E-state index contributed by atoms with van der Waals surface area (Å²) in [5.41, 5.74) is 3.64. The summed E-state index contributed by atoms with van der Waals surface area (Å²) in [5.74, 6) is 0.604. The Hall–Kier alpha value is -2.44. The van der Waals surface area contributed by atoms with Gasteiger partial charge in [-0.05, 0) is 48.6 Å². The number of hydrogen-bond donors (Lipinski definition) is 2. The first-order valence-corrected chi connectivity index (χ1v) is 11.2. The summed E-state index contributed by atoms with van der Waals surface area (Å²) in [6.45, 7) is 7.31. The molecule has 4 rings (SSSR count). The summed E-state index contributed by atoms with van der Waals surface area (Å²) in [5, 5.41) is 6.86. The summed E-state index contributed by atoms with van der Waals surface area (Å²) < 4.78 is 19.3. The Bertz CT molecular complexity index is 912. The molecule has 166 valence electrons. The normalized spacial score (nSPS) is 21.0. The molecular formula is C25H33FN4O. The van der Waals surface area contributed by atoms with E-state index in [1.165, 1.54) is 17.2 Å². The standard InChI is InChI=1S/C25H33FN4O/c1-19-16-30(11-12-31-19)17-21-6-3-5-20(13-21)15-28-24(27-2)29-18-25(9-10-25)22-7-4-8-23(26)14-22/h3-8,13-14,19H,9-12,15-18H2,1-2H3,(H2,27,28,29).